The molecule has 1 unspecified atom stereocenters. The van der Waals surface area contributed by atoms with Crippen LogP contribution in [0.15, 0.2) is 18.2 Å². The van der Waals surface area contributed by atoms with Gasteiger partial charge in [0.25, 0.3) is 0 Å². The fourth-order valence-corrected chi connectivity index (χ4v) is 2.32. The first-order valence-electron chi connectivity index (χ1n) is 5.12. The van der Waals surface area contributed by atoms with Gasteiger partial charge in [-0.3, -0.25) is 0 Å². The van der Waals surface area contributed by atoms with Crippen LogP contribution in [0.1, 0.15) is 16.8 Å². The van der Waals surface area contributed by atoms with Crippen molar-refractivity contribution in [2.75, 3.05) is 7.11 Å². The number of hydrogen-bond donors (Lipinski definition) is 0. The Morgan fingerprint density at radius 3 is 2.56 bits per heavy atom. The SMILES string of the molecule is COc1ccc2nc(C(F)(F)F)n(C(C)I)c2c1. The van der Waals surface area contributed by atoms with Crippen molar-refractivity contribution in [2.45, 2.75) is 17.1 Å². The quantitative estimate of drug-likeness (QED) is 0.590. The minimum Gasteiger partial charge on any atom is -0.497 e. The minimum atomic E-state index is -4.47. The van der Waals surface area contributed by atoms with E-state index in [0.717, 1.165) is 0 Å². The molecule has 1 heterocycles. The second kappa shape index (κ2) is 4.60. The normalized spacial score (nSPS) is 13.9. The lowest BCUT2D eigenvalue weighted by Crippen LogP contribution is -2.15. The maximum Gasteiger partial charge on any atom is 0.449 e. The largest absolute Gasteiger partial charge is 0.497 e. The summed E-state index contributed by atoms with van der Waals surface area (Å²) in [6.45, 7) is 1.68. The number of halogens is 4. The number of ether oxygens (including phenoxy) is 1. The Labute approximate surface area is 115 Å². The molecule has 2 rings (SSSR count). The molecule has 0 saturated heterocycles. The van der Waals surface area contributed by atoms with Gasteiger partial charge in [0.15, 0.2) is 0 Å². The number of fused-ring (bicyclic) bond motifs is 1. The molecule has 0 amide bonds. The summed E-state index contributed by atoms with van der Waals surface area (Å²) in [6, 6.07) is 4.68. The van der Waals surface area contributed by atoms with Gasteiger partial charge in [0, 0.05) is 6.07 Å². The van der Waals surface area contributed by atoms with Gasteiger partial charge in [0.05, 0.1) is 22.2 Å². The first kappa shape index (κ1) is 13.4. The van der Waals surface area contributed by atoms with Crippen molar-refractivity contribution in [3.05, 3.63) is 24.0 Å². The van der Waals surface area contributed by atoms with Crippen LogP contribution in [0, 0.1) is 0 Å². The zero-order chi connectivity index (χ0) is 13.5. The lowest BCUT2D eigenvalue weighted by atomic mass is 10.3. The molecule has 1 aromatic carbocycles. The third-order valence-corrected chi connectivity index (χ3v) is 3.06. The topological polar surface area (TPSA) is 27.1 Å². The Bertz CT molecular complexity index is 577. The summed E-state index contributed by atoms with van der Waals surface area (Å²) in [5.74, 6) is -0.373. The van der Waals surface area contributed by atoms with Crippen LogP contribution in [0.3, 0.4) is 0 Å². The molecule has 3 nitrogen and oxygen atoms in total. The van der Waals surface area contributed by atoms with Gasteiger partial charge in [-0.05, 0) is 19.1 Å². The molecule has 0 aliphatic carbocycles. The van der Waals surface area contributed by atoms with E-state index >= 15 is 0 Å². The maximum absolute atomic E-state index is 12.9. The highest BCUT2D eigenvalue weighted by Gasteiger charge is 2.38. The van der Waals surface area contributed by atoms with Crippen LogP contribution in [0.25, 0.3) is 11.0 Å². The molecule has 1 atom stereocenters. The van der Waals surface area contributed by atoms with Crippen molar-refractivity contribution in [1.82, 2.24) is 9.55 Å². The van der Waals surface area contributed by atoms with Crippen molar-refractivity contribution in [1.29, 1.82) is 0 Å². The first-order valence-corrected chi connectivity index (χ1v) is 6.36. The predicted molar refractivity (Wildman–Crippen MR) is 70.0 cm³/mol. The second-order valence-corrected chi connectivity index (χ2v) is 5.53. The zero-order valence-electron chi connectivity index (χ0n) is 9.62. The van der Waals surface area contributed by atoms with Crippen LogP contribution in [-0.2, 0) is 6.18 Å². The molecule has 18 heavy (non-hydrogen) atoms. The van der Waals surface area contributed by atoms with Gasteiger partial charge in [-0.15, -0.1) is 0 Å². The number of hydrogen-bond acceptors (Lipinski definition) is 2. The lowest BCUT2D eigenvalue weighted by Gasteiger charge is -2.13. The Hall–Kier alpha value is -0.990. The molecular formula is C11H10F3IN2O. The predicted octanol–water partition coefficient (Wildman–Crippen LogP) is 4.02. The van der Waals surface area contributed by atoms with Crippen LogP contribution < -0.4 is 4.74 Å². The highest BCUT2D eigenvalue weighted by atomic mass is 127. The Kier molecular flexibility index (Phi) is 3.43. The van der Waals surface area contributed by atoms with Gasteiger partial charge >= 0.3 is 6.18 Å². The maximum atomic E-state index is 12.9. The van der Waals surface area contributed by atoms with Gasteiger partial charge in [-0.1, -0.05) is 22.6 Å². The highest BCUT2D eigenvalue weighted by Crippen LogP contribution is 2.36. The van der Waals surface area contributed by atoms with Crippen LogP contribution in [0.2, 0.25) is 0 Å². The zero-order valence-corrected chi connectivity index (χ0v) is 11.8. The average Bonchev–Trinajstić information content (AvgIpc) is 2.66. The number of benzene rings is 1. The number of nitrogens with zero attached hydrogens (tertiary/aromatic N) is 2. The van der Waals surface area contributed by atoms with Crippen LogP contribution in [0.5, 0.6) is 5.75 Å². The van der Waals surface area contributed by atoms with Gasteiger partial charge < -0.3 is 9.30 Å². The molecule has 0 aliphatic heterocycles. The van der Waals surface area contributed by atoms with Crippen molar-refractivity contribution >= 4 is 33.6 Å². The number of imidazole rings is 1. The molecule has 0 bridgehead atoms. The van der Waals surface area contributed by atoms with E-state index in [0.29, 0.717) is 16.8 Å². The number of rotatable bonds is 2. The molecule has 0 saturated carbocycles. The Morgan fingerprint density at radius 2 is 2.06 bits per heavy atom. The fraction of sp³-hybridized carbons (Fsp3) is 0.364. The van der Waals surface area contributed by atoms with Crippen molar-refractivity contribution in [3.63, 3.8) is 0 Å². The third kappa shape index (κ3) is 2.27. The fourth-order valence-electron chi connectivity index (χ4n) is 1.76. The summed E-state index contributed by atoms with van der Waals surface area (Å²) in [7, 11) is 1.47. The van der Waals surface area contributed by atoms with Gasteiger partial charge in [-0.25, -0.2) is 4.98 Å². The standard InChI is InChI=1S/C11H10F3IN2O/c1-6(15)17-9-5-7(18-2)3-4-8(9)16-10(17)11(12,13)14/h3-6H,1-2H3. The van der Waals surface area contributed by atoms with E-state index in [9.17, 15) is 13.2 Å². The average molecular weight is 370 g/mol. The molecule has 0 spiro atoms. The van der Waals surface area contributed by atoms with Crippen LogP contribution >= 0.6 is 22.6 Å². The molecular weight excluding hydrogens is 360 g/mol. The van der Waals surface area contributed by atoms with E-state index in [1.54, 1.807) is 19.1 Å². The van der Waals surface area contributed by atoms with Crippen LogP contribution in [0.4, 0.5) is 13.2 Å². The minimum absolute atomic E-state index is 0.312. The second-order valence-electron chi connectivity index (χ2n) is 3.73. The molecule has 0 fully saturated rings. The van der Waals surface area contributed by atoms with Crippen LogP contribution in [-0.4, -0.2) is 16.7 Å². The summed E-state index contributed by atoms with van der Waals surface area (Å²) < 4.78 is 44.6. The molecule has 1 aromatic heterocycles. The number of methoxy groups -OCH3 is 1. The molecule has 7 heteroatoms. The number of alkyl halides is 4. The summed E-state index contributed by atoms with van der Waals surface area (Å²) >= 11 is 1.92. The van der Waals surface area contributed by atoms with E-state index in [4.69, 9.17) is 4.74 Å². The monoisotopic (exact) mass is 370 g/mol. The van der Waals surface area contributed by atoms with Crippen molar-refractivity contribution < 1.29 is 17.9 Å². The van der Waals surface area contributed by atoms with E-state index in [2.05, 4.69) is 4.98 Å². The summed E-state index contributed by atoms with van der Waals surface area (Å²) in [6.07, 6.45) is -4.47. The van der Waals surface area contributed by atoms with Gasteiger partial charge in [0.1, 0.15) is 5.75 Å². The first-order chi connectivity index (χ1) is 8.34. The molecule has 0 N–H and O–H groups in total. The van der Waals surface area contributed by atoms with E-state index < -0.39 is 12.0 Å². The smallest absolute Gasteiger partial charge is 0.449 e. The highest BCUT2D eigenvalue weighted by molar-refractivity contribution is 14.1. The third-order valence-electron chi connectivity index (χ3n) is 2.51. The summed E-state index contributed by atoms with van der Waals surface area (Å²) in [4.78, 5) is 3.66. The number of aromatic nitrogens is 2. The lowest BCUT2D eigenvalue weighted by molar-refractivity contribution is -0.146. The van der Waals surface area contributed by atoms with Crippen molar-refractivity contribution in [3.8, 4) is 5.75 Å². The molecule has 2 aromatic rings. The van der Waals surface area contributed by atoms with Gasteiger partial charge in [0.2, 0.25) is 5.82 Å². The summed E-state index contributed by atoms with van der Waals surface area (Å²) in [5, 5.41) is 0. The molecule has 0 aliphatic rings. The Morgan fingerprint density at radius 1 is 1.39 bits per heavy atom. The van der Waals surface area contributed by atoms with E-state index in [1.165, 1.54) is 17.7 Å². The Balaban J connectivity index is 2.77. The van der Waals surface area contributed by atoms with E-state index in [1.807, 2.05) is 22.6 Å². The van der Waals surface area contributed by atoms with Crippen molar-refractivity contribution in [2.24, 2.45) is 0 Å². The molecule has 98 valence electrons. The van der Waals surface area contributed by atoms with E-state index in [-0.39, 0.29) is 4.05 Å². The molecule has 0 radical (unpaired) electrons. The van der Waals surface area contributed by atoms with Gasteiger partial charge in [-0.2, -0.15) is 13.2 Å². The summed E-state index contributed by atoms with van der Waals surface area (Å²) in [5.41, 5.74) is 0.732.